The van der Waals surface area contributed by atoms with Crippen molar-refractivity contribution in [2.75, 3.05) is 7.11 Å². The summed E-state index contributed by atoms with van der Waals surface area (Å²) in [6.07, 6.45) is 0. The Morgan fingerprint density at radius 2 is 1.68 bits per heavy atom. The average Bonchev–Trinajstić information content (AvgIpc) is 3.10. The van der Waals surface area contributed by atoms with Crippen LogP contribution >= 0.6 is 39.1 Å². The number of benzene rings is 3. The van der Waals surface area contributed by atoms with Gasteiger partial charge >= 0.3 is 0 Å². The van der Waals surface area contributed by atoms with Gasteiger partial charge in [-0.3, -0.25) is 0 Å². The van der Waals surface area contributed by atoms with E-state index in [0.717, 1.165) is 49.6 Å². The van der Waals surface area contributed by atoms with E-state index in [1.807, 2.05) is 65.3 Å². The van der Waals surface area contributed by atoms with Gasteiger partial charge in [-0.25, -0.2) is 4.68 Å². The minimum atomic E-state index is 0.523. The van der Waals surface area contributed by atoms with Crippen LogP contribution in [0, 0.1) is 6.92 Å². The number of methoxy groups -OCH3 is 1. The van der Waals surface area contributed by atoms with Crippen molar-refractivity contribution in [3.05, 3.63) is 105 Å². The maximum Gasteiger partial charge on any atom is 0.118 e. The Hall–Kier alpha value is -2.53. The zero-order chi connectivity index (χ0) is 22.1. The van der Waals surface area contributed by atoms with E-state index in [1.165, 1.54) is 0 Å². The summed E-state index contributed by atoms with van der Waals surface area (Å²) >= 11 is 16.2. The van der Waals surface area contributed by atoms with Crippen LogP contribution in [0.5, 0.6) is 5.75 Å². The van der Waals surface area contributed by atoms with E-state index in [1.54, 1.807) is 13.2 Å². The first-order chi connectivity index (χ1) is 14.9. The van der Waals surface area contributed by atoms with Crippen LogP contribution in [0.1, 0.15) is 16.8 Å². The van der Waals surface area contributed by atoms with Crippen molar-refractivity contribution in [1.29, 1.82) is 0 Å². The van der Waals surface area contributed by atoms with Crippen LogP contribution in [0.3, 0.4) is 0 Å². The van der Waals surface area contributed by atoms with Gasteiger partial charge in [-0.1, -0.05) is 70.0 Å². The van der Waals surface area contributed by atoms with Gasteiger partial charge < -0.3 is 4.74 Å². The molecule has 1 heterocycles. The molecule has 1 aromatic heterocycles. The molecule has 6 heteroatoms. The summed E-state index contributed by atoms with van der Waals surface area (Å²) in [5.74, 6) is 0.794. The third-order valence-electron chi connectivity index (χ3n) is 5.10. The summed E-state index contributed by atoms with van der Waals surface area (Å²) in [6, 6.07) is 21.3. The zero-order valence-electron chi connectivity index (χ0n) is 17.0. The molecule has 0 N–H and O–H groups in total. The molecule has 0 saturated carbocycles. The summed E-state index contributed by atoms with van der Waals surface area (Å²) < 4.78 is 8.14. The highest BCUT2D eigenvalue weighted by Crippen LogP contribution is 2.36. The minimum Gasteiger partial charge on any atom is -0.497 e. The van der Waals surface area contributed by atoms with Crippen molar-refractivity contribution in [2.45, 2.75) is 6.92 Å². The molecule has 0 aliphatic rings. The molecule has 156 valence electrons. The molecule has 0 amide bonds. The molecule has 31 heavy (non-hydrogen) atoms. The molecule has 4 aromatic rings. The van der Waals surface area contributed by atoms with Crippen LogP contribution in [0.25, 0.3) is 22.5 Å². The van der Waals surface area contributed by atoms with E-state index in [9.17, 15) is 0 Å². The molecule has 0 bridgehead atoms. The van der Waals surface area contributed by atoms with E-state index in [-0.39, 0.29) is 0 Å². The van der Waals surface area contributed by atoms with Gasteiger partial charge in [0.1, 0.15) is 5.75 Å². The molecule has 0 spiro atoms. The minimum absolute atomic E-state index is 0.523. The third-order valence-corrected chi connectivity index (χ3v) is 6.17. The predicted molar refractivity (Wildman–Crippen MR) is 133 cm³/mol. The standard InChI is InChI=1S/C25H19BrCl2N2O/c1-15(17-6-11-21(31-3)12-7-17)24-16(2)25(18-4-8-19(26)9-5-18)30(29-24)23-13-10-20(27)14-22(23)28/h4-14H,1H2,2-3H3. The lowest BCUT2D eigenvalue weighted by Crippen LogP contribution is -2.01. The van der Waals surface area contributed by atoms with Crippen LogP contribution in [-0.2, 0) is 0 Å². The summed E-state index contributed by atoms with van der Waals surface area (Å²) in [6.45, 7) is 6.38. The molecule has 0 radical (unpaired) electrons. The molecule has 0 aliphatic carbocycles. The number of hydrogen-bond donors (Lipinski definition) is 0. The Kier molecular flexibility index (Phi) is 6.24. The van der Waals surface area contributed by atoms with Crippen LogP contribution in [0.15, 0.2) is 77.8 Å². The van der Waals surface area contributed by atoms with E-state index in [2.05, 4.69) is 29.4 Å². The van der Waals surface area contributed by atoms with Crippen molar-refractivity contribution in [3.8, 4) is 22.7 Å². The predicted octanol–water partition coefficient (Wildman–Crippen LogP) is 7.99. The number of ether oxygens (including phenoxy) is 1. The van der Waals surface area contributed by atoms with Gasteiger partial charge in [0.05, 0.1) is 29.2 Å². The first kappa shape index (κ1) is 21.7. The van der Waals surface area contributed by atoms with Crippen molar-refractivity contribution < 1.29 is 4.74 Å². The summed E-state index contributed by atoms with van der Waals surface area (Å²) in [4.78, 5) is 0. The Morgan fingerprint density at radius 3 is 2.29 bits per heavy atom. The number of halogens is 3. The topological polar surface area (TPSA) is 27.1 Å². The molecule has 0 unspecified atom stereocenters. The van der Waals surface area contributed by atoms with Crippen molar-refractivity contribution in [1.82, 2.24) is 9.78 Å². The van der Waals surface area contributed by atoms with Crippen molar-refractivity contribution in [3.63, 3.8) is 0 Å². The quantitative estimate of drug-likeness (QED) is 0.270. The van der Waals surface area contributed by atoms with Crippen LogP contribution in [-0.4, -0.2) is 16.9 Å². The molecule has 0 fully saturated rings. The number of rotatable bonds is 5. The molecule has 0 aliphatic heterocycles. The molecular weight excluding hydrogens is 495 g/mol. The Bertz CT molecular complexity index is 1260. The van der Waals surface area contributed by atoms with Crippen LogP contribution in [0.2, 0.25) is 10.0 Å². The first-order valence-corrected chi connectivity index (χ1v) is 11.1. The SMILES string of the molecule is C=C(c1ccc(OC)cc1)c1nn(-c2ccc(Cl)cc2Cl)c(-c2ccc(Br)cc2)c1C. The number of aromatic nitrogens is 2. The van der Waals surface area contributed by atoms with E-state index in [0.29, 0.717) is 10.0 Å². The average molecular weight is 514 g/mol. The van der Waals surface area contributed by atoms with Crippen molar-refractivity contribution >= 4 is 44.7 Å². The monoisotopic (exact) mass is 512 g/mol. The van der Waals surface area contributed by atoms with Gasteiger partial charge in [0, 0.05) is 26.2 Å². The summed E-state index contributed by atoms with van der Waals surface area (Å²) in [5.41, 5.74) is 6.32. The van der Waals surface area contributed by atoms with E-state index in [4.69, 9.17) is 33.0 Å². The first-order valence-electron chi connectivity index (χ1n) is 9.53. The highest BCUT2D eigenvalue weighted by molar-refractivity contribution is 9.10. The fraction of sp³-hybridized carbons (Fsp3) is 0.0800. The fourth-order valence-corrected chi connectivity index (χ4v) is 4.24. The van der Waals surface area contributed by atoms with E-state index >= 15 is 0 Å². The van der Waals surface area contributed by atoms with E-state index < -0.39 is 0 Å². The Labute approximate surface area is 200 Å². The second-order valence-electron chi connectivity index (χ2n) is 7.04. The largest absolute Gasteiger partial charge is 0.497 e. The molecular formula is C25H19BrCl2N2O. The zero-order valence-corrected chi connectivity index (χ0v) is 20.1. The second kappa shape index (κ2) is 8.91. The molecule has 0 atom stereocenters. The van der Waals surface area contributed by atoms with Gasteiger partial charge in [0.25, 0.3) is 0 Å². The Morgan fingerprint density at radius 1 is 1.00 bits per heavy atom. The molecule has 3 nitrogen and oxygen atoms in total. The molecule has 4 rings (SSSR count). The maximum atomic E-state index is 6.55. The Balaban J connectivity index is 1.91. The van der Waals surface area contributed by atoms with Crippen LogP contribution in [0.4, 0.5) is 0 Å². The third kappa shape index (κ3) is 4.29. The number of hydrogen-bond acceptors (Lipinski definition) is 2. The highest BCUT2D eigenvalue weighted by atomic mass is 79.9. The lowest BCUT2D eigenvalue weighted by molar-refractivity contribution is 0.415. The normalized spacial score (nSPS) is 10.9. The van der Waals surface area contributed by atoms with Crippen LogP contribution < -0.4 is 4.74 Å². The fourth-order valence-electron chi connectivity index (χ4n) is 3.49. The van der Waals surface area contributed by atoms with Gasteiger partial charge in [-0.05, 0) is 55.0 Å². The second-order valence-corrected chi connectivity index (χ2v) is 8.80. The smallest absolute Gasteiger partial charge is 0.118 e. The highest BCUT2D eigenvalue weighted by Gasteiger charge is 2.21. The van der Waals surface area contributed by atoms with Gasteiger partial charge in [-0.2, -0.15) is 5.10 Å². The lowest BCUT2D eigenvalue weighted by Gasteiger charge is -2.11. The maximum absolute atomic E-state index is 6.55. The summed E-state index contributed by atoms with van der Waals surface area (Å²) in [7, 11) is 1.65. The number of nitrogens with zero attached hydrogens (tertiary/aromatic N) is 2. The summed E-state index contributed by atoms with van der Waals surface area (Å²) in [5, 5.41) is 6.03. The lowest BCUT2D eigenvalue weighted by atomic mass is 9.99. The van der Waals surface area contributed by atoms with Gasteiger partial charge in [0.15, 0.2) is 0 Å². The van der Waals surface area contributed by atoms with Gasteiger partial charge in [0.2, 0.25) is 0 Å². The molecule has 0 saturated heterocycles. The van der Waals surface area contributed by atoms with Gasteiger partial charge in [-0.15, -0.1) is 0 Å². The van der Waals surface area contributed by atoms with Crippen molar-refractivity contribution in [2.24, 2.45) is 0 Å². The molecule has 3 aromatic carbocycles.